The fourth-order valence-electron chi connectivity index (χ4n) is 7.67. The Morgan fingerprint density at radius 1 is 0.592 bits per heavy atom. The van der Waals surface area contributed by atoms with Gasteiger partial charge in [-0.15, -0.1) is 0 Å². The molecule has 2 saturated heterocycles. The second kappa shape index (κ2) is 13.6. The molecular weight excluding hydrogens is 628 g/mol. The Hall–Kier alpha value is -4.82. The molecule has 4 aromatic rings. The van der Waals surface area contributed by atoms with Crippen molar-refractivity contribution in [2.24, 2.45) is 11.8 Å². The summed E-state index contributed by atoms with van der Waals surface area (Å²) in [4.78, 5) is 88.8. The monoisotopic (exact) mass is 670 g/mol. The van der Waals surface area contributed by atoms with Gasteiger partial charge in [0, 0.05) is 49.1 Å². The van der Waals surface area contributed by atoms with Crippen LogP contribution in [0.15, 0.2) is 43.4 Å². The molecule has 258 valence electrons. The van der Waals surface area contributed by atoms with Gasteiger partial charge in [-0.05, 0) is 95.0 Å². The van der Waals surface area contributed by atoms with E-state index < -0.39 is 22.2 Å². The van der Waals surface area contributed by atoms with Gasteiger partial charge in [0.1, 0.15) is 0 Å². The van der Waals surface area contributed by atoms with Crippen LogP contribution in [0, 0.1) is 11.8 Å². The number of nitrogens with zero attached hydrogens (tertiary/aromatic N) is 3. The van der Waals surface area contributed by atoms with Gasteiger partial charge < -0.3 is 40.0 Å². The summed E-state index contributed by atoms with van der Waals surface area (Å²) in [6.45, 7) is 6.07. The van der Waals surface area contributed by atoms with Crippen molar-refractivity contribution in [3.05, 3.63) is 87.9 Å². The molecule has 0 spiro atoms. The lowest BCUT2D eigenvalue weighted by Gasteiger charge is -2.35. The van der Waals surface area contributed by atoms with Gasteiger partial charge in [0.2, 0.25) is 11.8 Å². The first-order chi connectivity index (χ1) is 23.7. The lowest BCUT2D eigenvalue weighted by atomic mass is 9.92. The van der Waals surface area contributed by atoms with E-state index in [1.54, 1.807) is 0 Å². The number of nitrogens with one attached hydrogen (secondary N) is 5. The summed E-state index contributed by atoms with van der Waals surface area (Å²) in [5.41, 5.74) is 4.02. The van der Waals surface area contributed by atoms with Crippen LogP contribution in [0.4, 0.5) is 0 Å². The van der Waals surface area contributed by atoms with Crippen LogP contribution in [0.2, 0.25) is 0 Å². The Kier molecular flexibility index (Phi) is 9.07. The fourth-order valence-corrected chi connectivity index (χ4v) is 7.67. The van der Waals surface area contributed by atoms with Gasteiger partial charge in [-0.1, -0.05) is 12.1 Å². The number of aromatic amines is 4. The van der Waals surface area contributed by atoms with Crippen molar-refractivity contribution >= 4 is 33.9 Å². The number of rotatable bonds is 2. The molecule has 2 fully saturated rings. The van der Waals surface area contributed by atoms with Crippen LogP contribution in [0.5, 0.6) is 0 Å². The van der Waals surface area contributed by atoms with E-state index in [0.717, 1.165) is 87.0 Å². The second-order valence-electron chi connectivity index (χ2n) is 13.7. The van der Waals surface area contributed by atoms with Crippen LogP contribution in [0.3, 0.4) is 0 Å². The average Bonchev–Trinajstić information content (AvgIpc) is 3.12. The summed E-state index contributed by atoms with van der Waals surface area (Å²) >= 11 is 0. The molecule has 0 bridgehead atoms. The van der Waals surface area contributed by atoms with E-state index >= 15 is 0 Å². The molecule has 5 N–H and O–H groups in total. The van der Waals surface area contributed by atoms with Crippen molar-refractivity contribution in [2.45, 2.75) is 51.6 Å². The Morgan fingerprint density at radius 3 is 1.49 bits per heavy atom. The number of hydrogen-bond donors (Lipinski definition) is 5. The van der Waals surface area contributed by atoms with Crippen molar-refractivity contribution in [1.82, 2.24) is 40.0 Å². The lowest BCUT2D eigenvalue weighted by Crippen LogP contribution is -2.43. The molecule has 4 aliphatic heterocycles. The van der Waals surface area contributed by atoms with Crippen LogP contribution < -0.4 is 27.6 Å². The maximum absolute atomic E-state index is 12.9. The van der Waals surface area contributed by atoms with Crippen molar-refractivity contribution in [3.8, 4) is 0 Å². The minimum absolute atomic E-state index is 0.0848. The highest BCUT2D eigenvalue weighted by molar-refractivity contribution is 5.84. The van der Waals surface area contributed by atoms with E-state index in [-0.39, 0.29) is 23.7 Å². The molecule has 0 unspecified atom stereocenters. The SMILES string of the molecule is CN1CCC(C(=O)N2CCc3ccc4[nH]c(=O)c(=O)[nH]c4c3C2)CC1.O=C(C1CCNCC1)N1CCc2ccc3[nH]c(=O)c(=O)[nH]c3c2C1. The van der Waals surface area contributed by atoms with Gasteiger partial charge >= 0.3 is 22.2 Å². The van der Waals surface area contributed by atoms with Crippen molar-refractivity contribution in [1.29, 1.82) is 0 Å². The summed E-state index contributed by atoms with van der Waals surface area (Å²) in [5.74, 6) is 0.585. The summed E-state index contributed by atoms with van der Waals surface area (Å²) in [6, 6.07) is 7.58. The van der Waals surface area contributed by atoms with E-state index in [4.69, 9.17) is 0 Å². The number of likely N-dealkylation sites (tertiary alicyclic amines) is 1. The highest BCUT2D eigenvalue weighted by Gasteiger charge is 2.31. The Balaban J connectivity index is 0.000000154. The largest absolute Gasteiger partial charge is 0.338 e. The third-order valence-electron chi connectivity index (χ3n) is 10.6. The summed E-state index contributed by atoms with van der Waals surface area (Å²) in [6.07, 6.45) is 5.09. The molecular formula is C35H42N8O6. The number of piperidine rings is 2. The Labute approximate surface area is 280 Å². The quantitative estimate of drug-likeness (QED) is 0.191. The van der Waals surface area contributed by atoms with Gasteiger partial charge in [-0.25, -0.2) is 0 Å². The molecule has 0 aliphatic carbocycles. The predicted octanol–water partition coefficient (Wildman–Crippen LogP) is 0.544. The number of carbonyl (C=O) groups excluding carboxylic acids is 2. The molecule has 2 aromatic heterocycles. The topological polar surface area (TPSA) is 187 Å². The fraction of sp³-hybridized carbons (Fsp3) is 0.486. The van der Waals surface area contributed by atoms with E-state index in [1.807, 2.05) is 34.1 Å². The number of aromatic nitrogens is 4. The number of fused-ring (bicyclic) bond motifs is 6. The van der Waals surface area contributed by atoms with E-state index in [0.29, 0.717) is 48.2 Å². The first kappa shape index (κ1) is 32.7. The third kappa shape index (κ3) is 6.62. The van der Waals surface area contributed by atoms with Gasteiger partial charge in [-0.3, -0.25) is 28.8 Å². The minimum Gasteiger partial charge on any atom is -0.338 e. The zero-order chi connectivity index (χ0) is 34.2. The highest BCUT2D eigenvalue weighted by Crippen LogP contribution is 2.29. The number of amides is 2. The van der Waals surface area contributed by atoms with E-state index in [1.165, 1.54) is 0 Å². The Morgan fingerprint density at radius 2 is 1.02 bits per heavy atom. The highest BCUT2D eigenvalue weighted by atomic mass is 16.2. The molecule has 0 radical (unpaired) electrons. The van der Waals surface area contributed by atoms with Gasteiger partial charge in [-0.2, -0.15) is 0 Å². The molecule has 0 atom stereocenters. The third-order valence-corrected chi connectivity index (χ3v) is 10.6. The van der Waals surface area contributed by atoms with E-state index in [2.05, 4.69) is 37.2 Å². The summed E-state index contributed by atoms with van der Waals surface area (Å²) < 4.78 is 0. The van der Waals surface area contributed by atoms with Crippen molar-refractivity contribution < 1.29 is 9.59 Å². The standard InChI is InChI=1S/C18H22N4O3.C17H20N4O3/c1-21-7-4-12(5-8-21)18(25)22-9-6-11-2-3-14-15(13(11)10-22)20-17(24)16(23)19-14;22-15-16(23)20-14-12-9-21(17(24)11-3-6-18-7-4-11)8-5-10(12)1-2-13(14)19-15/h2-3,12H,4-10H2,1H3,(H,19,23)(H,20,24);1-2,11,18H,3-9H2,(H,19,22)(H,20,23). The lowest BCUT2D eigenvalue weighted by molar-refractivity contribution is -0.138. The number of carbonyl (C=O) groups is 2. The molecule has 8 rings (SSSR count). The van der Waals surface area contributed by atoms with Crippen molar-refractivity contribution in [3.63, 3.8) is 0 Å². The average molecular weight is 671 g/mol. The number of H-pyrrole nitrogens is 4. The van der Waals surface area contributed by atoms with Crippen LogP contribution in [-0.4, -0.2) is 92.8 Å². The van der Waals surface area contributed by atoms with Crippen LogP contribution in [0.25, 0.3) is 22.1 Å². The van der Waals surface area contributed by atoms with Crippen LogP contribution in [-0.2, 0) is 35.5 Å². The first-order valence-electron chi connectivity index (χ1n) is 17.2. The van der Waals surface area contributed by atoms with Crippen LogP contribution in [0.1, 0.15) is 47.9 Å². The Bertz CT molecular complexity index is 2150. The van der Waals surface area contributed by atoms with Gasteiger partial charge in [0.15, 0.2) is 0 Å². The van der Waals surface area contributed by atoms with Gasteiger partial charge in [0.05, 0.1) is 22.1 Å². The molecule has 49 heavy (non-hydrogen) atoms. The maximum Gasteiger partial charge on any atom is 0.314 e. The predicted molar refractivity (Wildman–Crippen MR) is 184 cm³/mol. The molecule has 0 saturated carbocycles. The molecule has 14 nitrogen and oxygen atoms in total. The van der Waals surface area contributed by atoms with Crippen molar-refractivity contribution in [2.75, 3.05) is 46.3 Å². The van der Waals surface area contributed by atoms with Gasteiger partial charge in [0.25, 0.3) is 0 Å². The zero-order valence-electron chi connectivity index (χ0n) is 27.7. The molecule has 2 aromatic carbocycles. The number of benzene rings is 2. The molecule has 6 heterocycles. The molecule has 4 aliphatic rings. The summed E-state index contributed by atoms with van der Waals surface area (Å²) in [5, 5.41) is 3.28. The first-order valence-corrected chi connectivity index (χ1v) is 17.2. The minimum atomic E-state index is -0.655. The van der Waals surface area contributed by atoms with E-state index in [9.17, 15) is 28.8 Å². The second-order valence-corrected chi connectivity index (χ2v) is 13.7. The molecule has 14 heteroatoms. The maximum atomic E-state index is 12.9. The number of hydrogen-bond acceptors (Lipinski definition) is 8. The normalized spacial score (nSPS) is 18.9. The smallest absolute Gasteiger partial charge is 0.314 e. The zero-order valence-corrected chi connectivity index (χ0v) is 27.7. The van der Waals surface area contributed by atoms with Crippen LogP contribution >= 0.6 is 0 Å². The summed E-state index contributed by atoms with van der Waals surface area (Å²) in [7, 11) is 2.08. The molecule has 2 amide bonds.